The molecule has 90 valence electrons. The van der Waals surface area contributed by atoms with Crippen LogP contribution in [0.25, 0.3) is 22.0 Å². The van der Waals surface area contributed by atoms with Crippen LogP contribution < -0.4 is 0 Å². The Kier molecular flexibility index (Phi) is 2.93. The van der Waals surface area contributed by atoms with Crippen LogP contribution in [0.1, 0.15) is 0 Å². The smallest absolute Gasteiger partial charge is 0.169 e. The van der Waals surface area contributed by atoms with E-state index in [0.717, 1.165) is 16.3 Å². The van der Waals surface area contributed by atoms with Gasteiger partial charge in [0.25, 0.3) is 0 Å². The summed E-state index contributed by atoms with van der Waals surface area (Å²) in [6.45, 7) is 0. The molecular formula is C13H8BrNO2S. The molecule has 3 rings (SSSR count). The van der Waals surface area contributed by atoms with Crippen LogP contribution in [-0.4, -0.2) is 10.1 Å². The normalized spacial score (nSPS) is 10.7. The molecule has 0 aliphatic rings. The molecule has 18 heavy (non-hydrogen) atoms. The first-order chi connectivity index (χ1) is 8.74. The van der Waals surface area contributed by atoms with Crippen molar-refractivity contribution in [2.45, 2.75) is 0 Å². The second-order valence-corrected chi connectivity index (χ2v) is 5.30. The zero-order valence-corrected chi connectivity index (χ0v) is 11.5. The number of benzene rings is 1. The molecule has 0 aliphatic heterocycles. The summed E-state index contributed by atoms with van der Waals surface area (Å²) in [4.78, 5) is 4.47. The zero-order chi connectivity index (χ0) is 12.5. The molecule has 0 saturated heterocycles. The van der Waals surface area contributed by atoms with Crippen LogP contribution >= 0.6 is 27.3 Å². The number of hydrogen-bond acceptors (Lipinski definition) is 4. The largest absolute Gasteiger partial charge is 0.507 e. The van der Waals surface area contributed by atoms with Crippen LogP contribution in [-0.2, 0) is 0 Å². The Morgan fingerprint density at radius 2 is 2.00 bits per heavy atom. The predicted octanol–water partition coefficient (Wildman–Crippen LogP) is 4.54. The summed E-state index contributed by atoms with van der Waals surface area (Å²) in [6, 6.07) is 10.8. The molecule has 0 spiro atoms. The van der Waals surface area contributed by atoms with Gasteiger partial charge in [-0.2, -0.15) is 0 Å². The molecule has 3 aromatic rings. The lowest BCUT2D eigenvalue weighted by Crippen LogP contribution is -1.78. The Bertz CT molecular complexity index is 690. The lowest BCUT2D eigenvalue weighted by molar-refractivity contribution is 0.477. The standard InChI is InChI=1S/C13H8BrNO2S/c14-12-6-5-11(17-12)9-7-18-13(15-9)8-3-1-2-4-10(8)16/h1-7,16H. The minimum Gasteiger partial charge on any atom is -0.507 e. The van der Waals surface area contributed by atoms with Gasteiger partial charge in [0.2, 0.25) is 0 Å². The van der Waals surface area contributed by atoms with Crippen molar-refractivity contribution in [3.8, 4) is 27.8 Å². The van der Waals surface area contributed by atoms with E-state index in [1.807, 2.05) is 29.6 Å². The monoisotopic (exact) mass is 321 g/mol. The average molecular weight is 322 g/mol. The Hall–Kier alpha value is -1.59. The predicted molar refractivity (Wildman–Crippen MR) is 74.6 cm³/mol. The van der Waals surface area contributed by atoms with E-state index in [1.54, 1.807) is 12.1 Å². The number of nitrogens with zero attached hydrogens (tertiary/aromatic N) is 1. The number of para-hydroxylation sites is 1. The Morgan fingerprint density at radius 1 is 1.17 bits per heavy atom. The van der Waals surface area contributed by atoms with Gasteiger partial charge in [0.05, 0.1) is 5.56 Å². The van der Waals surface area contributed by atoms with Crippen molar-refractivity contribution in [3.63, 3.8) is 0 Å². The van der Waals surface area contributed by atoms with Gasteiger partial charge in [0.1, 0.15) is 16.5 Å². The zero-order valence-electron chi connectivity index (χ0n) is 9.13. The van der Waals surface area contributed by atoms with E-state index in [2.05, 4.69) is 20.9 Å². The van der Waals surface area contributed by atoms with Gasteiger partial charge in [-0.05, 0) is 40.2 Å². The fourth-order valence-electron chi connectivity index (χ4n) is 1.62. The number of phenolic OH excluding ortho intramolecular Hbond substituents is 1. The average Bonchev–Trinajstić information content (AvgIpc) is 2.98. The highest BCUT2D eigenvalue weighted by molar-refractivity contribution is 9.10. The molecular weight excluding hydrogens is 314 g/mol. The number of rotatable bonds is 2. The molecule has 0 radical (unpaired) electrons. The van der Waals surface area contributed by atoms with Gasteiger partial charge in [-0.3, -0.25) is 0 Å². The van der Waals surface area contributed by atoms with E-state index >= 15 is 0 Å². The number of hydrogen-bond donors (Lipinski definition) is 1. The number of furan rings is 1. The summed E-state index contributed by atoms with van der Waals surface area (Å²) in [6.07, 6.45) is 0. The van der Waals surface area contributed by atoms with E-state index in [-0.39, 0.29) is 5.75 Å². The number of aromatic nitrogens is 1. The first-order valence-electron chi connectivity index (χ1n) is 5.23. The molecule has 0 atom stereocenters. The van der Waals surface area contributed by atoms with Crippen molar-refractivity contribution < 1.29 is 9.52 Å². The van der Waals surface area contributed by atoms with E-state index in [0.29, 0.717) is 10.4 Å². The summed E-state index contributed by atoms with van der Waals surface area (Å²) in [5.74, 6) is 0.943. The van der Waals surface area contributed by atoms with E-state index in [4.69, 9.17) is 4.42 Å². The van der Waals surface area contributed by atoms with E-state index in [1.165, 1.54) is 11.3 Å². The lowest BCUT2D eigenvalue weighted by atomic mass is 10.2. The maximum absolute atomic E-state index is 9.78. The molecule has 2 heterocycles. The molecule has 0 saturated carbocycles. The third-order valence-corrected chi connectivity index (χ3v) is 3.77. The van der Waals surface area contributed by atoms with Crippen molar-refractivity contribution in [2.75, 3.05) is 0 Å². The Morgan fingerprint density at radius 3 is 2.72 bits per heavy atom. The lowest BCUT2D eigenvalue weighted by Gasteiger charge is -1.98. The minimum atomic E-state index is 0.235. The molecule has 5 heteroatoms. The van der Waals surface area contributed by atoms with Gasteiger partial charge in [-0.15, -0.1) is 11.3 Å². The van der Waals surface area contributed by atoms with Crippen LogP contribution in [0.2, 0.25) is 0 Å². The Balaban J connectivity index is 2.02. The summed E-state index contributed by atoms with van der Waals surface area (Å²) >= 11 is 4.74. The maximum Gasteiger partial charge on any atom is 0.169 e. The first-order valence-corrected chi connectivity index (χ1v) is 6.91. The highest BCUT2D eigenvalue weighted by Gasteiger charge is 2.11. The number of phenols is 1. The third kappa shape index (κ3) is 2.07. The second-order valence-electron chi connectivity index (χ2n) is 3.66. The van der Waals surface area contributed by atoms with Crippen LogP contribution in [0.4, 0.5) is 0 Å². The van der Waals surface area contributed by atoms with Crippen LogP contribution in [0.3, 0.4) is 0 Å². The third-order valence-electron chi connectivity index (χ3n) is 2.46. The van der Waals surface area contributed by atoms with Gasteiger partial charge >= 0.3 is 0 Å². The van der Waals surface area contributed by atoms with Crippen molar-refractivity contribution in [2.24, 2.45) is 0 Å². The quantitative estimate of drug-likeness (QED) is 0.753. The Labute approximate surface area is 116 Å². The van der Waals surface area contributed by atoms with Crippen LogP contribution in [0.15, 0.2) is 50.9 Å². The minimum absolute atomic E-state index is 0.235. The first kappa shape index (κ1) is 11.5. The van der Waals surface area contributed by atoms with Gasteiger partial charge < -0.3 is 9.52 Å². The van der Waals surface area contributed by atoms with E-state index in [9.17, 15) is 5.11 Å². The molecule has 2 aromatic heterocycles. The molecule has 1 aromatic carbocycles. The van der Waals surface area contributed by atoms with Gasteiger partial charge in [0.15, 0.2) is 10.4 Å². The van der Waals surface area contributed by atoms with Crippen molar-refractivity contribution in [1.29, 1.82) is 0 Å². The highest BCUT2D eigenvalue weighted by Crippen LogP contribution is 2.34. The van der Waals surface area contributed by atoms with Crippen molar-refractivity contribution in [3.05, 3.63) is 46.4 Å². The number of thiazole rings is 1. The summed E-state index contributed by atoms with van der Waals surface area (Å²) in [5, 5.41) is 12.5. The summed E-state index contributed by atoms with van der Waals surface area (Å²) < 4.78 is 6.12. The number of halogens is 1. The van der Waals surface area contributed by atoms with Crippen molar-refractivity contribution >= 4 is 27.3 Å². The fourth-order valence-corrected chi connectivity index (χ4v) is 2.77. The van der Waals surface area contributed by atoms with Gasteiger partial charge in [-0.1, -0.05) is 12.1 Å². The molecule has 0 fully saturated rings. The van der Waals surface area contributed by atoms with E-state index < -0.39 is 0 Å². The molecule has 0 aliphatic carbocycles. The highest BCUT2D eigenvalue weighted by atomic mass is 79.9. The fraction of sp³-hybridized carbons (Fsp3) is 0. The SMILES string of the molecule is Oc1ccccc1-c1nc(-c2ccc(Br)o2)cs1. The van der Waals surface area contributed by atoms with Gasteiger partial charge in [-0.25, -0.2) is 4.98 Å². The molecule has 0 bridgehead atoms. The summed E-state index contributed by atoms with van der Waals surface area (Å²) in [5.41, 5.74) is 1.50. The number of aromatic hydroxyl groups is 1. The molecule has 0 unspecified atom stereocenters. The molecule has 1 N–H and O–H groups in total. The van der Waals surface area contributed by atoms with Crippen LogP contribution in [0.5, 0.6) is 5.75 Å². The van der Waals surface area contributed by atoms with Crippen molar-refractivity contribution in [1.82, 2.24) is 4.98 Å². The molecule has 3 nitrogen and oxygen atoms in total. The molecule has 0 amide bonds. The second kappa shape index (κ2) is 4.59. The van der Waals surface area contributed by atoms with Crippen LogP contribution in [0, 0.1) is 0 Å². The van der Waals surface area contributed by atoms with Gasteiger partial charge in [0, 0.05) is 5.38 Å². The summed E-state index contributed by atoms with van der Waals surface area (Å²) in [7, 11) is 0. The maximum atomic E-state index is 9.78. The topological polar surface area (TPSA) is 46.3 Å².